The largest absolute Gasteiger partial charge is 0.497 e. The number of aromatic nitrogens is 2. The first-order valence-corrected chi connectivity index (χ1v) is 8.92. The van der Waals surface area contributed by atoms with Crippen LogP contribution in [0.1, 0.15) is 19.8 Å². The number of thioether (sulfide) groups is 1. The molecule has 0 aliphatic rings. The topological polar surface area (TPSA) is 44.1 Å². The minimum Gasteiger partial charge on any atom is -0.497 e. The molecule has 0 spiro atoms. The molecule has 0 aliphatic carbocycles. The predicted molar refractivity (Wildman–Crippen MR) is 98.3 cm³/mol. The van der Waals surface area contributed by atoms with Crippen LogP contribution < -0.4 is 4.74 Å². The van der Waals surface area contributed by atoms with E-state index in [1.54, 1.807) is 25.8 Å². The number of imidazole rings is 1. The highest BCUT2D eigenvalue weighted by Gasteiger charge is 2.12. The van der Waals surface area contributed by atoms with Gasteiger partial charge < -0.3 is 9.53 Å². The summed E-state index contributed by atoms with van der Waals surface area (Å²) in [5, 5.41) is 0.949. The van der Waals surface area contributed by atoms with E-state index in [9.17, 15) is 4.79 Å². The molecule has 0 bridgehead atoms. The van der Waals surface area contributed by atoms with E-state index in [1.165, 1.54) is 0 Å². The molecule has 0 radical (unpaired) electrons. The van der Waals surface area contributed by atoms with Gasteiger partial charge in [-0.05, 0) is 49.7 Å². The Morgan fingerprint density at radius 1 is 1.17 bits per heavy atom. The lowest BCUT2D eigenvalue weighted by molar-refractivity contribution is -0.117. The molecule has 0 aliphatic heterocycles. The van der Waals surface area contributed by atoms with Crippen molar-refractivity contribution in [3.05, 3.63) is 48.5 Å². The van der Waals surface area contributed by atoms with Gasteiger partial charge in [0.25, 0.3) is 0 Å². The fourth-order valence-corrected chi connectivity index (χ4v) is 3.53. The Hall–Kier alpha value is -2.27. The number of para-hydroxylation sites is 2. The van der Waals surface area contributed by atoms with Gasteiger partial charge in [0.15, 0.2) is 5.16 Å². The zero-order chi connectivity index (χ0) is 16.9. The van der Waals surface area contributed by atoms with Gasteiger partial charge in [0, 0.05) is 17.9 Å². The number of benzene rings is 2. The second kappa shape index (κ2) is 7.53. The number of fused-ring (bicyclic) bond motifs is 1. The molecular weight excluding hydrogens is 320 g/mol. The molecular formula is C19H20N2O2S. The van der Waals surface area contributed by atoms with Gasteiger partial charge in [-0.15, -0.1) is 0 Å². The third-order valence-electron chi connectivity index (χ3n) is 3.76. The van der Waals surface area contributed by atoms with E-state index < -0.39 is 0 Å². The molecule has 0 saturated heterocycles. The first kappa shape index (κ1) is 16.6. The molecule has 0 fully saturated rings. The van der Waals surface area contributed by atoms with Crippen molar-refractivity contribution < 1.29 is 9.53 Å². The maximum atomic E-state index is 11.1. The SMILES string of the molecule is COc1ccc(-n2c(SCCCC(C)=O)nc3ccccc32)cc1. The Morgan fingerprint density at radius 2 is 1.92 bits per heavy atom. The van der Waals surface area contributed by atoms with E-state index in [1.807, 2.05) is 42.5 Å². The molecule has 124 valence electrons. The average molecular weight is 340 g/mol. The Bertz CT molecular complexity index is 840. The van der Waals surface area contributed by atoms with Crippen molar-refractivity contribution in [2.45, 2.75) is 24.9 Å². The van der Waals surface area contributed by atoms with E-state index in [4.69, 9.17) is 9.72 Å². The van der Waals surface area contributed by atoms with Crippen molar-refractivity contribution in [2.75, 3.05) is 12.9 Å². The van der Waals surface area contributed by atoms with Crippen molar-refractivity contribution in [3.8, 4) is 11.4 Å². The van der Waals surface area contributed by atoms with Crippen molar-refractivity contribution in [1.82, 2.24) is 9.55 Å². The number of rotatable bonds is 7. The quantitative estimate of drug-likeness (QED) is 0.469. The maximum absolute atomic E-state index is 11.1. The normalized spacial score (nSPS) is 10.9. The molecule has 1 heterocycles. The second-order valence-corrected chi connectivity index (χ2v) is 6.63. The summed E-state index contributed by atoms with van der Waals surface area (Å²) in [6, 6.07) is 16.1. The molecule has 3 aromatic rings. The molecule has 0 saturated carbocycles. The molecule has 24 heavy (non-hydrogen) atoms. The Kier molecular flexibility index (Phi) is 5.20. The number of methoxy groups -OCH3 is 1. The van der Waals surface area contributed by atoms with Crippen LogP contribution in [0.2, 0.25) is 0 Å². The van der Waals surface area contributed by atoms with E-state index in [0.717, 1.165) is 39.8 Å². The first-order valence-electron chi connectivity index (χ1n) is 7.93. The summed E-state index contributed by atoms with van der Waals surface area (Å²) < 4.78 is 7.40. The summed E-state index contributed by atoms with van der Waals surface area (Å²) in [7, 11) is 1.66. The Morgan fingerprint density at radius 3 is 2.62 bits per heavy atom. The third kappa shape index (κ3) is 3.62. The highest BCUT2D eigenvalue weighted by Crippen LogP contribution is 2.29. The van der Waals surface area contributed by atoms with Crippen LogP contribution >= 0.6 is 11.8 Å². The zero-order valence-electron chi connectivity index (χ0n) is 13.9. The van der Waals surface area contributed by atoms with Gasteiger partial charge in [0.1, 0.15) is 11.5 Å². The van der Waals surface area contributed by atoms with Gasteiger partial charge in [0.2, 0.25) is 0 Å². The third-order valence-corrected chi connectivity index (χ3v) is 4.79. The Labute approximate surface area is 145 Å². The molecule has 0 atom stereocenters. The van der Waals surface area contributed by atoms with Crippen molar-refractivity contribution in [3.63, 3.8) is 0 Å². The summed E-state index contributed by atoms with van der Waals surface area (Å²) in [5.41, 5.74) is 3.11. The first-order chi connectivity index (χ1) is 11.7. The number of Topliss-reactive ketones (excluding diaryl/α,β-unsaturated/α-hetero) is 1. The predicted octanol–water partition coefficient (Wildman–Crippen LogP) is 4.50. The summed E-state index contributed by atoms with van der Waals surface area (Å²) in [4.78, 5) is 15.9. The number of carbonyl (C=O) groups is 1. The molecule has 2 aromatic carbocycles. The average Bonchev–Trinajstić information content (AvgIpc) is 2.97. The van der Waals surface area contributed by atoms with E-state index >= 15 is 0 Å². The Balaban J connectivity index is 1.93. The number of nitrogens with zero attached hydrogens (tertiary/aromatic N) is 2. The zero-order valence-corrected chi connectivity index (χ0v) is 14.7. The van der Waals surface area contributed by atoms with Crippen LogP contribution in [0, 0.1) is 0 Å². The fourth-order valence-electron chi connectivity index (χ4n) is 2.57. The van der Waals surface area contributed by atoms with Crippen LogP contribution in [0.4, 0.5) is 0 Å². The molecule has 5 heteroatoms. The molecule has 0 N–H and O–H groups in total. The minimum atomic E-state index is 0.235. The molecule has 4 nitrogen and oxygen atoms in total. The van der Waals surface area contributed by atoms with Crippen LogP contribution in [0.15, 0.2) is 53.7 Å². The van der Waals surface area contributed by atoms with Gasteiger partial charge in [-0.3, -0.25) is 4.57 Å². The van der Waals surface area contributed by atoms with Crippen LogP contribution in [0.25, 0.3) is 16.7 Å². The number of ketones is 1. The highest BCUT2D eigenvalue weighted by molar-refractivity contribution is 7.99. The van der Waals surface area contributed by atoms with Gasteiger partial charge in [0.05, 0.1) is 18.1 Å². The summed E-state index contributed by atoms with van der Waals surface area (Å²) >= 11 is 1.69. The summed E-state index contributed by atoms with van der Waals surface area (Å²) in [5.74, 6) is 1.94. The van der Waals surface area contributed by atoms with E-state index in [0.29, 0.717) is 6.42 Å². The molecule has 1 aromatic heterocycles. The van der Waals surface area contributed by atoms with Crippen molar-refractivity contribution >= 4 is 28.6 Å². The van der Waals surface area contributed by atoms with E-state index in [2.05, 4.69) is 10.6 Å². The lowest BCUT2D eigenvalue weighted by Crippen LogP contribution is -1.98. The number of hydrogen-bond donors (Lipinski definition) is 0. The minimum absolute atomic E-state index is 0.235. The van der Waals surface area contributed by atoms with Gasteiger partial charge >= 0.3 is 0 Å². The van der Waals surface area contributed by atoms with Crippen LogP contribution in [0.5, 0.6) is 5.75 Å². The van der Waals surface area contributed by atoms with Gasteiger partial charge in [-0.25, -0.2) is 4.98 Å². The fraction of sp³-hybridized carbons (Fsp3) is 0.263. The molecule has 0 amide bonds. The van der Waals surface area contributed by atoms with Crippen LogP contribution in [0.3, 0.4) is 0 Å². The maximum Gasteiger partial charge on any atom is 0.173 e. The van der Waals surface area contributed by atoms with Crippen molar-refractivity contribution in [1.29, 1.82) is 0 Å². The second-order valence-electron chi connectivity index (χ2n) is 5.57. The van der Waals surface area contributed by atoms with E-state index in [-0.39, 0.29) is 5.78 Å². The van der Waals surface area contributed by atoms with Gasteiger partial charge in [-0.2, -0.15) is 0 Å². The van der Waals surface area contributed by atoms with Crippen LogP contribution in [-0.4, -0.2) is 28.2 Å². The number of ether oxygens (including phenoxy) is 1. The monoisotopic (exact) mass is 340 g/mol. The lowest BCUT2D eigenvalue weighted by Gasteiger charge is -2.09. The highest BCUT2D eigenvalue weighted by atomic mass is 32.2. The smallest absolute Gasteiger partial charge is 0.173 e. The number of hydrogen-bond acceptors (Lipinski definition) is 4. The lowest BCUT2D eigenvalue weighted by atomic mass is 10.2. The van der Waals surface area contributed by atoms with Crippen LogP contribution in [-0.2, 0) is 4.79 Å². The standard InChI is InChI=1S/C19H20N2O2S/c1-14(22)6-5-13-24-19-20-17-7-3-4-8-18(17)21(19)15-9-11-16(23-2)12-10-15/h3-4,7-12H,5-6,13H2,1-2H3. The summed E-state index contributed by atoms with van der Waals surface area (Å²) in [6.45, 7) is 1.64. The molecule has 0 unspecified atom stereocenters. The summed E-state index contributed by atoms with van der Waals surface area (Å²) in [6.07, 6.45) is 1.49. The number of carbonyl (C=O) groups excluding carboxylic acids is 1. The van der Waals surface area contributed by atoms with Gasteiger partial charge in [-0.1, -0.05) is 23.9 Å². The van der Waals surface area contributed by atoms with Crippen molar-refractivity contribution in [2.24, 2.45) is 0 Å². The molecule has 3 rings (SSSR count).